The van der Waals surface area contributed by atoms with Crippen LogP contribution in [0.15, 0.2) is 85.4 Å². The lowest BCUT2D eigenvalue weighted by Gasteiger charge is -2.25. The number of ketones is 1. The molecule has 0 aromatic heterocycles. The van der Waals surface area contributed by atoms with Crippen LogP contribution in [-0.2, 0) is 14.9 Å². The molecule has 170 valence electrons. The number of allylic oxidation sites excluding steroid dienone is 1. The van der Waals surface area contributed by atoms with Gasteiger partial charge in [0.2, 0.25) is 0 Å². The molecule has 3 aromatic rings. The largest absolute Gasteiger partial charge is 0.490 e. The van der Waals surface area contributed by atoms with Crippen LogP contribution < -0.4 is 4.74 Å². The second-order valence-corrected chi connectivity index (χ2v) is 8.71. The van der Waals surface area contributed by atoms with Gasteiger partial charge in [-0.3, -0.25) is 9.59 Å². The first kappa shape index (κ1) is 24.0. The van der Waals surface area contributed by atoms with E-state index in [1.54, 1.807) is 36.4 Å². The summed E-state index contributed by atoms with van der Waals surface area (Å²) in [4.78, 5) is 24.8. The first-order valence-electron chi connectivity index (χ1n) is 11.0. The molecule has 0 atom stereocenters. The molecule has 0 bridgehead atoms. The Morgan fingerprint density at radius 2 is 1.45 bits per heavy atom. The Morgan fingerprint density at radius 3 is 2.12 bits per heavy atom. The van der Waals surface area contributed by atoms with Crippen LogP contribution in [0.1, 0.15) is 54.2 Å². The van der Waals surface area contributed by atoms with Crippen molar-refractivity contribution in [3.05, 3.63) is 108 Å². The molecule has 0 radical (unpaired) electrons. The highest BCUT2D eigenvalue weighted by molar-refractivity contribution is 6.08. The predicted molar refractivity (Wildman–Crippen MR) is 132 cm³/mol. The zero-order valence-corrected chi connectivity index (χ0v) is 19.5. The molecule has 0 aliphatic rings. The summed E-state index contributed by atoms with van der Waals surface area (Å²) >= 11 is 0. The monoisotopic (exact) mass is 442 g/mol. The highest BCUT2D eigenvalue weighted by Gasteiger charge is 2.25. The van der Waals surface area contributed by atoms with Crippen LogP contribution in [0.2, 0.25) is 0 Å². The summed E-state index contributed by atoms with van der Waals surface area (Å²) < 4.78 is 11.0. The summed E-state index contributed by atoms with van der Waals surface area (Å²) in [5.41, 5.74) is 4.01. The van der Waals surface area contributed by atoms with E-state index in [1.807, 2.05) is 57.2 Å². The second kappa shape index (κ2) is 10.8. The van der Waals surface area contributed by atoms with Crippen molar-refractivity contribution in [3.8, 4) is 5.75 Å². The molecule has 0 spiro atoms. The quantitative estimate of drug-likeness (QED) is 0.212. The zero-order chi connectivity index (χ0) is 23.8. The smallest absolute Gasteiger partial charge is 0.306 e. The maximum absolute atomic E-state index is 12.5. The number of rotatable bonds is 10. The third-order valence-corrected chi connectivity index (χ3v) is 5.49. The Balaban J connectivity index is 1.46. The Bertz CT molecular complexity index is 1110. The molecule has 33 heavy (non-hydrogen) atoms. The summed E-state index contributed by atoms with van der Waals surface area (Å²) in [6.07, 6.45) is 0.267. The highest BCUT2D eigenvalue weighted by atomic mass is 16.6. The van der Waals surface area contributed by atoms with Crippen LogP contribution >= 0.6 is 0 Å². The van der Waals surface area contributed by atoms with E-state index in [9.17, 15) is 9.59 Å². The van der Waals surface area contributed by atoms with Gasteiger partial charge in [0.25, 0.3) is 0 Å². The molecule has 0 aliphatic heterocycles. The fourth-order valence-corrected chi connectivity index (χ4v) is 3.49. The van der Waals surface area contributed by atoms with E-state index < -0.39 is 0 Å². The molecule has 0 saturated heterocycles. The van der Waals surface area contributed by atoms with Gasteiger partial charge in [-0.05, 0) is 42.3 Å². The van der Waals surface area contributed by atoms with Gasteiger partial charge in [-0.1, -0.05) is 80.6 Å². The van der Waals surface area contributed by atoms with Gasteiger partial charge in [-0.2, -0.15) is 0 Å². The molecule has 0 N–H and O–H groups in total. The number of hydrogen-bond donors (Lipinski definition) is 0. The van der Waals surface area contributed by atoms with Crippen molar-refractivity contribution < 1.29 is 19.1 Å². The maximum Gasteiger partial charge on any atom is 0.306 e. The fraction of sp³-hybridized carbons (Fsp3) is 0.241. The van der Waals surface area contributed by atoms with Gasteiger partial charge in [0.1, 0.15) is 19.0 Å². The van der Waals surface area contributed by atoms with E-state index >= 15 is 0 Å². The molecule has 3 aromatic carbocycles. The summed E-state index contributed by atoms with van der Waals surface area (Å²) in [6, 6.07) is 24.2. The van der Waals surface area contributed by atoms with Crippen LogP contribution in [0, 0.1) is 0 Å². The number of carbonyl (C=O) groups excluding carboxylic acids is 2. The summed E-state index contributed by atoms with van der Waals surface area (Å²) in [5, 5.41) is 0. The minimum absolute atomic E-state index is 0.0347. The van der Waals surface area contributed by atoms with E-state index in [1.165, 1.54) is 0 Å². The molecular formula is C29H30O4. The van der Waals surface area contributed by atoms with Crippen LogP contribution in [-0.4, -0.2) is 25.0 Å². The van der Waals surface area contributed by atoms with Crippen LogP contribution in [0.25, 0.3) is 5.57 Å². The first-order chi connectivity index (χ1) is 15.8. The van der Waals surface area contributed by atoms with Crippen LogP contribution in [0.4, 0.5) is 0 Å². The van der Waals surface area contributed by atoms with Gasteiger partial charge in [0.15, 0.2) is 5.78 Å². The Kier molecular flexibility index (Phi) is 7.83. The van der Waals surface area contributed by atoms with E-state index in [0.29, 0.717) is 16.9 Å². The third-order valence-electron chi connectivity index (χ3n) is 5.49. The average molecular weight is 443 g/mol. The summed E-state index contributed by atoms with van der Waals surface area (Å²) in [5.74, 6) is 0.313. The van der Waals surface area contributed by atoms with Crippen molar-refractivity contribution >= 4 is 17.3 Å². The van der Waals surface area contributed by atoms with Gasteiger partial charge in [0, 0.05) is 16.5 Å². The molecule has 0 unspecified atom stereocenters. The van der Waals surface area contributed by atoms with Gasteiger partial charge in [-0.15, -0.1) is 0 Å². The first-order valence-corrected chi connectivity index (χ1v) is 11.0. The zero-order valence-electron chi connectivity index (χ0n) is 19.5. The minimum Gasteiger partial charge on any atom is -0.490 e. The van der Waals surface area contributed by atoms with Crippen LogP contribution in [0.3, 0.4) is 0 Å². The van der Waals surface area contributed by atoms with Crippen molar-refractivity contribution in [1.82, 2.24) is 0 Å². The van der Waals surface area contributed by atoms with Crippen molar-refractivity contribution in [2.75, 3.05) is 13.2 Å². The lowest BCUT2D eigenvalue weighted by atomic mass is 9.80. The van der Waals surface area contributed by atoms with Gasteiger partial charge >= 0.3 is 5.97 Å². The maximum atomic E-state index is 12.5. The molecule has 0 aliphatic carbocycles. The Hall–Kier alpha value is -3.66. The standard InChI is InChI=1S/C29H30O4/c1-21(2)24-11-8-12-25(19-24)29(3,4)20-27(30)33-18-17-32-26-15-13-23(14-16-26)28(31)22-9-6-5-7-10-22/h5-16,19H,1,17-18,20H2,2-4H3. The number of esters is 1. The molecule has 0 amide bonds. The summed E-state index contributed by atoms with van der Waals surface area (Å²) in [7, 11) is 0. The normalized spacial score (nSPS) is 11.0. The minimum atomic E-state index is -0.357. The third kappa shape index (κ3) is 6.66. The Labute approximate surface area is 195 Å². The van der Waals surface area contributed by atoms with E-state index in [0.717, 1.165) is 16.7 Å². The second-order valence-electron chi connectivity index (χ2n) is 8.71. The molecule has 0 fully saturated rings. The topological polar surface area (TPSA) is 52.6 Å². The van der Waals surface area contributed by atoms with E-state index in [-0.39, 0.29) is 36.8 Å². The highest BCUT2D eigenvalue weighted by Crippen LogP contribution is 2.29. The molecule has 4 heteroatoms. The van der Waals surface area contributed by atoms with Crippen molar-refractivity contribution in [3.63, 3.8) is 0 Å². The SMILES string of the molecule is C=C(C)c1cccc(C(C)(C)CC(=O)OCCOc2ccc(C(=O)c3ccccc3)cc2)c1. The predicted octanol–water partition coefficient (Wildman–Crippen LogP) is 6.24. The van der Waals surface area contributed by atoms with Crippen molar-refractivity contribution in [2.45, 2.75) is 32.6 Å². The lowest BCUT2D eigenvalue weighted by molar-refractivity contribution is -0.145. The number of benzene rings is 3. The fourth-order valence-electron chi connectivity index (χ4n) is 3.49. The van der Waals surface area contributed by atoms with E-state index in [4.69, 9.17) is 9.47 Å². The molecule has 4 nitrogen and oxygen atoms in total. The van der Waals surface area contributed by atoms with Crippen molar-refractivity contribution in [2.24, 2.45) is 0 Å². The molecular weight excluding hydrogens is 412 g/mol. The summed E-state index contributed by atoms with van der Waals surface area (Å²) in [6.45, 7) is 10.4. The molecule has 3 rings (SSSR count). The average Bonchev–Trinajstić information content (AvgIpc) is 2.82. The number of ether oxygens (including phenoxy) is 2. The molecule has 0 saturated carbocycles. The molecule has 0 heterocycles. The number of carbonyl (C=O) groups is 2. The van der Waals surface area contributed by atoms with Gasteiger partial charge in [-0.25, -0.2) is 0 Å². The lowest BCUT2D eigenvalue weighted by Crippen LogP contribution is -2.24. The van der Waals surface area contributed by atoms with Crippen LogP contribution in [0.5, 0.6) is 5.75 Å². The number of hydrogen-bond acceptors (Lipinski definition) is 4. The van der Waals surface area contributed by atoms with Gasteiger partial charge < -0.3 is 9.47 Å². The van der Waals surface area contributed by atoms with E-state index in [2.05, 4.69) is 12.6 Å². The van der Waals surface area contributed by atoms with Gasteiger partial charge in [0.05, 0.1) is 6.42 Å². The Morgan fingerprint density at radius 1 is 0.818 bits per heavy atom. The van der Waals surface area contributed by atoms with Crippen molar-refractivity contribution in [1.29, 1.82) is 0 Å².